The van der Waals surface area contributed by atoms with Crippen LogP contribution in [0, 0.1) is 0 Å². The van der Waals surface area contributed by atoms with E-state index >= 15 is 0 Å². The Morgan fingerprint density at radius 1 is 0.976 bits per heavy atom. The number of sulfone groups is 1. The molecule has 2 saturated carbocycles. The fourth-order valence-electron chi connectivity index (χ4n) is 5.32. The number of hydrogen-bond donors (Lipinski definition) is 1. The van der Waals surface area contributed by atoms with Crippen molar-refractivity contribution < 1.29 is 13.2 Å². The highest BCUT2D eigenvalue weighted by Gasteiger charge is 2.36. The van der Waals surface area contributed by atoms with E-state index in [0.29, 0.717) is 54.2 Å². The largest absolute Gasteiger partial charge is 0.379 e. The Morgan fingerprint density at radius 2 is 1.73 bits per heavy atom. The summed E-state index contributed by atoms with van der Waals surface area (Å²) in [5, 5.41) is 3.10. The second-order valence-corrected chi connectivity index (χ2v) is 13.1. The Bertz CT molecular complexity index is 1760. The Kier molecular flexibility index (Phi) is 6.50. The van der Waals surface area contributed by atoms with Gasteiger partial charge in [0.2, 0.25) is 0 Å². The van der Waals surface area contributed by atoms with E-state index in [1.165, 1.54) is 12.3 Å². The van der Waals surface area contributed by atoms with Gasteiger partial charge in [-0.05, 0) is 44.2 Å². The van der Waals surface area contributed by atoms with Gasteiger partial charge >= 0.3 is 0 Å². The van der Waals surface area contributed by atoms with E-state index in [1.54, 1.807) is 30.1 Å². The number of anilines is 1. The van der Waals surface area contributed by atoms with Crippen LogP contribution in [0.2, 0.25) is 0 Å². The lowest BCUT2D eigenvalue weighted by molar-refractivity contribution is 0.186. The number of nitrogens with zero attached hydrogens (tertiary/aromatic N) is 7. The molecular formula is C28H30N8O4S. The second kappa shape index (κ2) is 10.2. The summed E-state index contributed by atoms with van der Waals surface area (Å²) in [6.45, 7) is 2.75. The van der Waals surface area contributed by atoms with E-state index in [9.17, 15) is 13.2 Å². The molecule has 3 fully saturated rings. The minimum Gasteiger partial charge on any atom is -0.379 e. The first kappa shape index (κ1) is 26.1. The van der Waals surface area contributed by atoms with Crippen molar-refractivity contribution in [3.63, 3.8) is 0 Å². The molecule has 7 rings (SSSR count). The van der Waals surface area contributed by atoms with E-state index in [4.69, 9.17) is 14.7 Å². The van der Waals surface area contributed by atoms with Crippen molar-refractivity contribution >= 4 is 26.8 Å². The molecule has 4 aromatic heterocycles. The molecule has 0 spiro atoms. The van der Waals surface area contributed by atoms with Crippen molar-refractivity contribution in [1.29, 1.82) is 0 Å². The number of aromatic nitrogens is 7. The molecule has 2 aliphatic carbocycles. The van der Waals surface area contributed by atoms with E-state index in [2.05, 4.69) is 25.3 Å². The van der Waals surface area contributed by atoms with Crippen LogP contribution in [-0.4, -0.2) is 61.9 Å². The maximum absolute atomic E-state index is 13.8. The highest BCUT2D eigenvalue weighted by Crippen LogP contribution is 2.48. The quantitative estimate of drug-likeness (QED) is 0.313. The first-order valence-electron chi connectivity index (χ1n) is 14.1. The molecule has 5 heterocycles. The summed E-state index contributed by atoms with van der Waals surface area (Å²) in [6.07, 6.45) is 9.71. The van der Waals surface area contributed by atoms with Gasteiger partial charge in [-0.2, -0.15) is 0 Å². The topological polar surface area (TPSA) is 155 Å². The summed E-state index contributed by atoms with van der Waals surface area (Å²) in [6, 6.07) is 2.97. The lowest BCUT2D eigenvalue weighted by Crippen LogP contribution is -2.30. The zero-order valence-corrected chi connectivity index (χ0v) is 23.5. The van der Waals surface area contributed by atoms with Crippen molar-refractivity contribution in [1.82, 2.24) is 34.5 Å². The first-order chi connectivity index (χ1) is 19.9. The van der Waals surface area contributed by atoms with Gasteiger partial charge in [0.05, 0.1) is 58.7 Å². The van der Waals surface area contributed by atoms with Crippen LogP contribution in [0.1, 0.15) is 74.0 Å². The van der Waals surface area contributed by atoms with Crippen LogP contribution in [-0.2, 0) is 21.1 Å². The molecule has 0 amide bonds. The summed E-state index contributed by atoms with van der Waals surface area (Å²) in [5.41, 5.74) is 4.11. The third kappa shape index (κ3) is 4.97. The molecule has 0 aromatic carbocycles. The third-order valence-electron chi connectivity index (χ3n) is 7.93. The Hall–Kier alpha value is -3.84. The van der Waals surface area contributed by atoms with Gasteiger partial charge in [-0.1, -0.05) is 6.92 Å². The first-order valence-corrected chi connectivity index (χ1v) is 15.7. The average molecular weight is 575 g/mol. The molecule has 41 heavy (non-hydrogen) atoms. The Balaban J connectivity index is 1.28. The van der Waals surface area contributed by atoms with Crippen molar-refractivity contribution in [2.75, 3.05) is 24.3 Å². The maximum Gasteiger partial charge on any atom is 0.295 e. The average Bonchev–Trinajstić information content (AvgIpc) is 3.94. The van der Waals surface area contributed by atoms with Crippen molar-refractivity contribution in [2.45, 2.75) is 68.3 Å². The molecule has 1 atom stereocenters. The van der Waals surface area contributed by atoms with Crippen LogP contribution in [0.5, 0.6) is 0 Å². The van der Waals surface area contributed by atoms with Gasteiger partial charge in [0.25, 0.3) is 5.56 Å². The van der Waals surface area contributed by atoms with Gasteiger partial charge in [-0.15, -0.1) is 0 Å². The summed E-state index contributed by atoms with van der Waals surface area (Å²) in [7, 11) is -3.34. The molecule has 1 N–H and O–H groups in total. The molecule has 0 bridgehead atoms. The lowest BCUT2D eigenvalue weighted by atomic mass is 10.0. The smallest absolute Gasteiger partial charge is 0.295 e. The van der Waals surface area contributed by atoms with Gasteiger partial charge in [0.15, 0.2) is 27.1 Å². The Morgan fingerprint density at radius 3 is 2.34 bits per heavy atom. The van der Waals surface area contributed by atoms with E-state index < -0.39 is 9.84 Å². The fourth-order valence-corrected chi connectivity index (χ4v) is 6.14. The fraction of sp³-hybridized carbons (Fsp3) is 0.464. The molecule has 0 unspecified atom stereocenters. The number of ether oxygens (including phenoxy) is 1. The molecule has 4 aromatic rings. The highest BCUT2D eigenvalue weighted by molar-refractivity contribution is 7.91. The van der Waals surface area contributed by atoms with E-state index in [-0.39, 0.29) is 34.6 Å². The van der Waals surface area contributed by atoms with Crippen molar-refractivity contribution in [3.8, 4) is 11.4 Å². The third-order valence-corrected chi connectivity index (χ3v) is 9.65. The van der Waals surface area contributed by atoms with Gasteiger partial charge in [-0.25, -0.2) is 33.3 Å². The second-order valence-electron chi connectivity index (χ2n) is 10.9. The zero-order valence-electron chi connectivity index (χ0n) is 22.7. The minimum atomic E-state index is -3.34. The number of nitrogens with one attached hydrogen (secondary N) is 1. The molecule has 13 heteroatoms. The molecule has 212 valence electrons. The van der Waals surface area contributed by atoms with Gasteiger partial charge in [-0.3, -0.25) is 14.3 Å². The monoisotopic (exact) mass is 574 g/mol. The number of fused-ring (bicyclic) bond motifs is 1. The van der Waals surface area contributed by atoms with Crippen LogP contribution in [0.4, 0.5) is 5.82 Å². The van der Waals surface area contributed by atoms with Gasteiger partial charge in [0, 0.05) is 24.6 Å². The van der Waals surface area contributed by atoms with Gasteiger partial charge < -0.3 is 10.1 Å². The van der Waals surface area contributed by atoms with Crippen LogP contribution >= 0.6 is 0 Å². The summed E-state index contributed by atoms with van der Waals surface area (Å²) < 4.78 is 31.5. The molecule has 3 aliphatic rings. The van der Waals surface area contributed by atoms with Crippen LogP contribution in [0.25, 0.3) is 22.6 Å². The van der Waals surface area contributed by atoms with Crippen LogP contribution < -0.4 is 10.9 Å². The number of hydrogen-bond acceptors (Lipinski definition) is 11. The predicted molar refractivity (Wildman–Crippen MR) is 150 cm³/mol. The zero-order chi connectivity index (χ0) is 28.1. The summed E-state index contributed by atoms with van der Waals surface area (Å²) in [5.74, 6) is 1.47. The molecule has 1 aliphatic heterocycles. The molecular weight excluding hydrogens is 544 g/mol. The molecule has 1 saturated heterocycles. The van der Waals surface area contributed by atoms with Crippen LogP contribution in [0.3, 0.4) is 0 Å². The van der Waals surface area contributed by atoms with E-state index in [0.717, 1.165) is 42.6 Å². The summed E-state index contributed by atoms with van der Waals surface area (Å²) in [4.78, 5) is 41.8. The number of pyridine rings is 1. The minimum absolute atomic E-state index is 0.00256. The predicted octanol–water partition coefficient (Wildman–Crippen LogP) is 3.16. The van der Waals surface area contributed by atoms with Gasteiger partial charge in [0.1, 0.15) is 11.8 Å². The SMILES string of the molecule is CCS(=O)(=O)c1ccc(CNc2nc3cnc(-c4c(C5CC5)ncnc4C4CC4)nc3n([C@H]3CCOC3)c2=O)nc1. The maximum atomic E-state index is 13.8. The normalized spacial score (nSPS) is 19.1. The standard InChI is InChI=1S/C28H30N8O4S/c1-2-41(38,39)20-8-7-18(29-12-20)11-30-26-28(37)36(19-9-10-40-14-19)27-21(34-26)13-31-25(35-27)22-23(16-3-4-16)32-15-33-24(22)17-5-6-17/h7-8,12-13,15-17,19H,2-6,9-11,14H2,1H3,(H,30,34)/t19-/m0/s1. The lowest BCUT2D eigenvalue weighted by Gasteiger charge is -2.18. The summed E-state index contributed by atoms with van der Waals surface area (Å²) >= 11 is 0. The van der Waals surface area contributed by atoms with E-state index in [1.807, 2.05) is 0 Å². The van der Waals surface area contributed by atoms with Crippen LogP contribution in [0.15, 0.2) is 40.5 Å². The van der Waals surface area contributed by atoms with Crippen molar-refractivity contribution in [3.05, 3.63) is 58.3 Å². The Labute approximate surface area is 236 Å². The molecule has 12 nitrogen and oxygen atoms in total. The molecule has 0 radical (unpaired) electrons. The van der Waals surface area contributed by atoms with Crippen molar-refractivity contribution in [2.24, 2.45) is 0 Å². The number of rotatable bonds is 9. The highest BCUT2D eigenvalue weighted by atomic mass is 32.2.